The van der Waals surface area contributed by atoms with Gasteiger partial charge >= 0.3 is 0 Å². The van der Waals surface area contributed by atoms with Gasteiger partial charge < -0.3 is 10.6 Å². The Kier molecular flexibility index (Phi) is 4.84. The van der Waals surface area contributed by atoms with Gasteiger partial charge in [0.2, 0.25) is 5.91 Å². The van der Waals surface area contributed by atoms with Crippen LogP contribution in [-0.2, 0) is 4.79 Å². The van der Waals surface area contributed by atoms with Crippen molar-refractivity contribution in [3.05, 3.63) is 24.5 Å². The summed E-state index contributed by atoms with van der Waals surface area (Å²) in [6, 6.07) is 3.57. The minimum absolute atomic E-state index is 0.0275. The van der Waals surface area contributed by atoms with E-state index in [9.17, 15) is 4.79 Å². The Morgan fingerprint density at radius 2 is 2.17 bits per heavy atom. The van der Waals surface area contributed by atoms with E-state index >= 15 is 0 Å². The molecule has 0 aliphatic rings. The van der Waals surface area contributed by atoms with Crippen LogP contribution in [0.25, 0.3) is 0 Å². The number of nitrogens with two attached hydrogens (primary N) is 1. The maximum atomic E-state index is 12.1. The molecule has 0 aromatic carbocycles. The second-order valence-electron chi connectivity index (χ2n) is 5.89. The van der Waals surface area contributed by atoms with Crippen molar-refractivity contribution in [2.75, 3.05) is 11.9 Å². The van der Waals surface area contributed by atoms with Crippen LogP contribution in [-0.4, -0.2) is 24.0 Å². The second kappa shape index (κ2) is 5.96. The van der Waals surface area contributed by atoms with E-state index in [-0.39, 0.29) is 17.4 Å². The van der Waals surface area contributed by atoms with E-state index in [4.69, 9.17) is 5.73 Å². The third kappa shape index (κ3) is 4.84. The highest BCUT2D eigenvalue weighted by Gasteiger charge is 2.20. The molecule has 0 saturated carbocycles. The van der Waals surface area contributed by atoms with Crippen molar-refractivity contribution in [3.8, 4) is 0 Å². The molecule has 0 aliphatic carbocycles. The molecule has 1 aromatic rings. The summed E-state index contributed by atoms with van der Waals surface area (Å²) >= 11 is 0. The lowest BCUT2D eigenvalue weighted by Gasteiger charge is -2.24. The summed E-state index contributed by atoms with van der Waals surface area (Å²) in [4.78, 5) is 17.7. The van der Waals surface area contributed by atoms with Crippen LogP contribution in [0.15, 0.2) is 24.5 Å². The fourth-order valence-electron chi connectivity index (χ4n) is 1.92. The first-order valence-corrected chi connectivity index (χ1v) is 6.22. The minimum atomic E-state index is -0.100. The summed E-state index contributed by atoms with van der Waals surface area (Å²) in [7, 11) is 1.75. The normalized spacial score (nSPS) is 13.2. The van der Waals surface area contributed by atoms with Gasteiger partial charge in [-0.2, -0.15) is 0 Å². The van der Waals surface area contributed by atoms with E-state index in [0.717, 1.165) is 12.1 Å². The average molecular weight is 249 g/mol. The molecule has 0 bridgehead atoms. The fourth-order valence-corrected chi connectivity index (χ4v) is 1.92. The van der Waals surface area contributed by atoms with Gasteiger partial charge in [-0.25, -0.2) is 0 Å². The smallest absolute Gasteiger partial charge is 0.228 e. The summed E-state index contributed by atoms with van der Waals surface area (Å²) in [5, 5.41) is 0. The van der Waals surface area contributed by atoms with Crippen LogP contribution in [0.4, 0.5) is 5.69 Å². The van der Waals surface area contributed by atoms with Crippen LogP contribution in [0, 0.1) is 5.41 Å². The highest BCUT2D eigenvalue weighted by Crippen LogP contribution is 2.21. The van der Waals surface area contributed by atoms with Gasteiger partial charge in [-0.15, -0.1) is 0 Å². The number of aromatic nitrogens is 1. The standard InChI is InChI=1S/C14H23N3O/c1-14(2,3)9-11(15)8-13(18)17(4)12-6-5-7-16-10-12/h5-7,10-11H,8-9,15H2,1-4H3. The maximum Gasteiger partial charge on any atom is 0.228 e. The van der Waals surface area contributed by atoms with Crippen molar-refractivity contribution in [1.82, 2.24) is 4.98 Å². The van der Waals surface area contributed by atoms with Gasteiger partial charge in [0, 0.05) is 25.7 Å². The van der Waals surface area contributed by atoms with E-state index in [1.165, 1.54) is 0 Å². The van der Waals surface area contributed by atoms with Crippen molar-refractivity contribution in [2.45, 2.75) is 39.7 Å². The highest BCUT2D eigenvalue weighted by molar-refractivity contribution is 5.92. The molecule has 0 spiro atoms. The lowest BCUT2D eigenvalue weighted by atomic mass is 9.87. The zero-order valence-corrected chi connectivity index (χ0v) is 11.7. The quantitative estimate of drug-likeness (QED) is 0.890. The summed E-state index contributed by atoms with van der Waals surface area (Å²) in [5.41, 5.74) is 6.96. The van der Waals surface area contributed by atoms with Crippen LogP contribution in [0.5, 0.6) is 0 Å². The van der Waals surface area contributed by atoms with Gasteiger partial charge in [0.1, 0.15) is 0 Å². The monoisotopic (exact) mass is 249 g/mol. The maximum absolute atomic E-state index is 12.1. The average Bonchev–Trinajstić information content (AvgIpc) is 2.26. The molecular formula is C14H23N3O. The molecule has 2 N–H and O–H groups in total. The fraction of sp³-hybridized carbons (Fsp3) is 0.571. The van der Waals surface area contributed by atoms with Gasteiger partial charge in [0.25, 0.3) is 0 Å². The Morgan fingerprint density at radius 1 is 1.50 bits per heavy atom. The third-order valence-electron chi connectivity index (χ3n) is 2.72. The first-order valence-electron chi connectivity index (χ1n) is 6.22. The van der Waals surface area contributed by atoms with Gasteiger partial charge in [-0.3, -0.25) is 9.78 Å². The molecule has 4 heteroatoms. The first-order chi connectivity index (χ1) is 8.29. The van der Waals surface area contributed by atoms with Gasteiger partial charge in [0.15, 0.2) is 0 Å². The molecule has 0 aliphatic heterocycles. The van der Waals surface area contributed by atoms with E-state index in [1.807, 2.05) is 12.1 Å². The zero-order chi connectivity index (χ0) is 13.8. The number of hydrogen-bond acceptors (Lipinski definition) is 3. The van der Waals surface area contributed by atoms with E-state index < -0.39 is 0 Å². The lowest BCUT2D eigenvalue weighted by Crippen LogP contribution is -2.35. The number of rotatable bonds is 4. The largest absolute Gasteiger partial charge is 0.327 e. The molecule has 0 radical (unpaired) electrons. The molecular weight excluding hydrogens is 226 g/mol. The summed E-state index contributed by atoms with van der Waals surface area (Å²) in [5.74, 6) is 0.0275. The van der Waals surface area contributed by atoms with Crippen molar-refractivity contribution < 1.29 is 4.79 Å². The number of pyridine rings is 1. The van der Waals surface area contributed by atoms with Gasteiger partial charge in [-0.1, -0.05) is 20.8 Å². The van der Waals surface area contributed by atoms with E-state index in [1.54, 1.807) is 24.3 Å². The van der Waals surface area contributed by atoms with E-state index in [0.29, 0.717) is 6.42 Å². The number of anilines is 1. The van der Waals surface area contributed by atoms with Crippen molar-refractivity contribution in [3.63, 3.8) is 0 Å². The molecule has 1 heterocycles. The zero-order valence-electron chi connectivity index (χ0n) is 11.7. The molecule has 1 rings (SSSR count). The van der Waals surface area contributed by atoms with Crippen LogP contribution in [0.1, 0.15) is 33.6 Å². The Hall–Kier alpha value is -1.42. The van der Waals surface area contributed by atoms with Crippen LogP contribution < -0.4 is 10.6 Å². The third-order valence-corrected chi connectivity index (χ3v) is 2.72. The topological polar surface area (TPSA) is 59.2 Å². The Bertz CT molecular complexity index is 384. The summed E-state index contributed by atoms with van der Waals surface area (Å²) < 4.78 is 0. The summed E-state index contributed by atoms with van der Waals surface area (Å²) in [6.45, 7) is 6.38. The SMILES string of the molecule is CN(C(=O)CC(N)CC(C)(C)C)c1cccnc1. The van der Waals surface area contributed by atoms with Crippen LogP contribution >= 0.6 is 0 Å². The molecule has 100 valence electrons. The van der Waals surface area contributed by atoms with Crippen molar-refractivity contribution in [1.29, 1.82) is 0 Å². The lowest BCUT2D eigenvalue weighted by molar-refractivity contribution is -0.118. The predicted octanol–water partition coefficient (Wildman–Crippen LogP) is 2.20. The van der Waals surface area contributed by atoms with Gasteiger partial charge in [0.05, 0.1) is 11.9 Å². The van der Waals surface area contributed by atoms with Crippen LogP contribution in [0.3, 0.4) is 0 Å². The Labute approximate surface area is 109 Å². The second-order valence-corrected chi connectivity index (χ2v) is 5.89. The molecule has 1 amide bonds. The number of nitrogens with zero attached hydrogens (tertiary/aromatic N) is 2. The number of carbonyl (C=O) groups excluding carboxylic acids is 1. The molecule has 0 fully saturated rings. The molecule has 4 nitrogen and oxygen atoms in total. The molecule has 18 heavy (non-hydrogen) atoms. The Morgan fingerprint density at radius 3 is 2.67 bits per heavy atom. The molecule has 1 aromatic heterocycles. The molecule has 1 atom stereocenters. The van der Waals surface area contributed by atoms with Gasteiger partial charge in [-0.05, 0) is 24.0 Å². The first kappa shape index (κ1) is 14.6. The number of hydrogen-bond donors (Lipinski definition) is 1. The summed E-state index contributed by atoms with van der Waals surface area (Å²) in [6.07, 6.45) is 4.56. The minimum Gasteiger partial charge on any atom is -0.327 e. The number of carbonyl (C=O) groups is 1. The predicted molar refractivity (Wildman–Crippen MR) is 74.3 cm³/mol. The Balaban J connectivity index is 2.56. The number of amides is 1. The highest BCUT2D eigenvalue weighted by atomic mass is 16.2. The van der Waals surface area contributed by atoms with Crippen molar-refractivity contribution >= 4 is 11.6 Å². The molecule has 1 unspecified atom stereocenters. The van der Waals surface area contributed by atoms with Crippen molar-refractivity contribution in [2.24, 2.45) is 11.1 Å². The molecule has 0 saturated heterocycles. The van der Waals surface area contributed by atoms with Crippen LogP contribution in [0.2, 0.25) is 0 Å². The van der Waals surface area contributed by atoms with E-state index in [2.05, 4.69) is 25.8 Å².